The van der Waals surface area contributed by atoms with Gasteiger partial charge < -0.3 is 5.11 Å². The molecule has 0 aliphatic rings. The Balaban J connectivity index is 3.41. The normalized spacial score (nSPS) is 12.2. The van der Waals surface area contributed by atoms with E-state index < -0.39 is 5.97 Å². The molecule has 0 aromatic carbocycles. The van der Waals surface area contributed by atoms with Crippen molar-refractivity contribution in [3.05, 3.63) is 11.6 Å². The molecule has 0 amide bonds. The molecule has 1 atom stereocenters. The molecule has 0 bridgehead atoms. The lowest BCUT2D eigenvalue weighted by molar-refractivity contribution is -0.137. The molecular formula is C12H22O2. The van der Waals surface area contributed by atoms with E-state index in [1.54, 1.807) is 0 Å². The Morgan fingerprint density at radius 2 is 2.00 bits per heavy atom. The van der Waals surface area contributed by atoms with Crippen LogP contribution in [0.25, 0.3) is 0 Å². The van der Waals surface area contributed by atoms with Gasteiger partial charge in [0, 0.05) is 6.42 Å². The van der Waals surface area contributed by atoms with E-state index in [-0.39, 0.29) is 0 Å². The maximum atomic E-state index is 10.3. The molecule has 0 saturated carbocycles. The van der Waals surface area contributed by atoms with Gasteiger partial charge in [0.2, 0.25) is 0 Å². The Morgan fingerprint density at radius 3 is 2.50 bits per heavy atom. The fraction of sp³-hybridized carbons (Fsp3) is 0.750. The lowest BCUT2D eigenvalue weighted by atomic mass is 9.98. The predicted octanol–water partition coefficient (Wildman–Crippen LogP) is 3.62. The van der Waals surface area contributed by atoms with Crippen molar-refractivity contribution >= 4 is 5.97 Å². The molecule has 0 spiro atoms. The smallest absolute Gasteiger partial charge is 0.303 e. The second-order valence-electron chi connectivity index (χ2n) is 4.25. The van der Waals surface area contributed by atoms with Crippen LogP contribution in [0.3, 0.4) is 0 Å². The molecule has 0 aliphatic heterocycles. The molecule has 0 saturated heterocycles. The maximum absolute atomic E-state index is 10.3. The molecule has 82 valence electrons. The zero-order valence-corrected chi connectivity index (χ0v) is 9.55. The van der Waals surface area contributed by atoms with E-state index in [1.807, 2.05) is 0 Å². The van der Waals surface area contributed by atoms with Crippen LogP contribution >= 0.6 is 0 Å². The first-order valence-corrected chi connectivity index (χ1v) is 5.37. The Bertz CT molecular complexity index is 190. The molecule has 0 aliphatic carbocycles. The SMILES string of the molecule is CC(C)=CCC[C@@H](C)CCCC(=O)O. The highest BCUT2D eigenvalue weighted by Gasteiger charge is 2.03. The van der Waals surface area contributed by atoms with Crippen molar-refractivity contribution < 1.29 is 9.90 Å². The molecule has 0 aromatic heterocycles. The largest absolute Gasteiger partial charge is 0.481 e. The Labute approximate surface area is 87.0 Å². The lowest BCUT2D eigenvalue weighted by Gasteiger charge is -2.08. The van der Waals surface area contributed by atoms with Crippen molar-refractivity contribution in [2.75, 3.05) is 0 Å². The molecular weight excluding hydrogens is 176 g/mol. The molecule has 0 radical (unpaired) electrons. The van der Waals surface area contributed by atoms with Gasteiger partial charge in [-0.05, 0) is 39.0 Å². The summed E-state index contributed by atoms with van der Waals surface area (Å²) in [6.07, 6.45) is 6.69. The third-order valence-corrected chi connectivity index (χ3v) is 2.30. The molecule has 0 aromatic rings. The third kappa shape index (κ3) is 9.30. The molecule has 0 rings (SSSR count). The summed E-state index contributed by atoms with van der Waals surface area (Å²) in [6.45, 7) is 6.41. The first-order valence-electron chi connectivity index (χ1n) is 5.37. The molecule has 0 fully saturated rings. The molecule has 0 heterocycles. The third-order valence-electron chi connectivity index (χ3n) is 2.30. The van der Waals surface area contributed by atoms with E-state index in [2.05, 4.69) is 26.8 Å². The summed E-state index contributed by atoms with van der Waals surface area (Å²) < 4.78 is 0. The standard InChI is InChI=1S/C12H22O2/c1-10(2)6-4-7-11(3)8-5-9-12(13)14/h6,11H,4-5,7-9H2,1-3H3,(H,13,14)/t11-/m1/s1. The minimum Gasteiger partial charge on any atom is -0.481 e. The molecule has 0 unspecified atom stereocenters. The number of allylic oxidation sites excluding steroid dienone is 2. The van der Waals surface area contributed by atoms with Gasteiger partial charge >= 0.3 is 5.97 Å². The second-order valence-corrected chi connectivity index (χ2v) is 4.25. The second kappa shape index (κ2) is 7.60. The minimum absolute atomic E-state index is 0.312. The predicted molar refractivity (Wildman–Crippen MR) is 59.3 cm³/mol. The van der Waals surface area contributed by atoms with Crippen molar-refractivity contribution in [2.45, 2.75) is 52.9 Å². The van der Waals surface area contributed by atoms with E-state index >= 15 is 0 Å². The van der Waals surface area contributed by atoms with Crippen LogP contribution < -0.4 is 0 Å². The van der Waals surface area contributed by atoms with Gasteiger partial charge in [-0.25, -0.2) is 0 Å². The quantitative estimate of drug-likeness (QED) is 0.634. The van der Waals surface area contributed by atoms with E-state index in [1.165, 1.54) is 12.0 Å². The number of carboxylic acids is 1. The summed E-state index contributed by atoms with van der Waals surface area (Å²) in [5, 5.41) is 8.47. The van der Waals surface area contributed by atoms with Crippen LogP contribution in [0.4, 0.5) is 0 Å². The van der Waals surface area contributed by atoms with Gasteiger partial charge in [-0.2, -0.15) is 0 Å². The first kappa shape index (κ1) is 13.2. The van der Waals surface area contributed by atoms with Gasteiger partial charge in [-0.15, -0.1) is 0 Å². The van der Waals surface area contributed by atoms with Gasteiger partial charge in [-0.1, -0.05) is 25.0 Å². The molecule has 14 heavy (non-hydrogen) atoms. The van der Waals surface area contributed by atoms with Gasteiger partial charge in [0.1, 0.15) is 0 Å². The van der Waals surface area contributed by atoms with Crippen LogP contribution in [0, 0.1) is 5.92 Å². The first-order chi connectivity index (χ1) is 6.52. The molecule has 2 heteroatoms. The number of aliphatic carboxylic acids is 1. The lowest BCUT2D eigenvalue weighted by Crippen LogP contribution is -1.98. The summed E-state index contributed by atoms with van der Waals surface area (Å²) in [5.74, 6) is -0.0357. The van der Waals surface area contributed by atoms with E-state index in [9.17, 15) is 4.79 Å². The topological polar surface area (TPSA) is 37.3 Å². The van der Waals surface area contributed by atoms with Crippen LogP contribution in [-0.4, -0.2) is 11.1 Å². The van der Waals surface area contributed by atoms with Crippen LogP contribution in [-0.2, 0) is 4.79 Å². The Morgan fingerprint density at radius 1 is 1.36 bits per heavy atom. The summed E-state index contributed by atoms with van der Waals surface area (Å²) in [4.78, 5) is 10.3. The molecule has 2 nitrogen and oxygen atoms in total. The fourth-order valence-corrected chi connectivity index (χ4v) is 1.40. The highest BCUT2D eigenvalue weighted by molar-refractivity contribution is 5.66. The minimum atomic E-state index is -0.679. The summed E-state index contributed by atoms with van der Waals surface area (Å²) in [5.41, 5.74) is 1.36. The van der Waals surface area contributed by atoms with Crippen molar-refractivity contribution in [1.82, 2.24) is 0 Å². The summed E-state index contributed by atoms with van der Waals surface area (Å²) >= 11 is 0. The summed E-state index contributed by atoms with van der Waals surface area (Å²) in [6, 6.07) is 0. The van der Waals surface area contributed by atoms with Crippen LogP contribution in [0.5, 0.6) is 0 Å². The van der Waals surface area contributed by atoms with Gasteiger partial charge in [-0.3, -0.25) is 4.79 Å². The van der Waals surface area contributed by atoms with Crippen LogP contribution in [0.1, 0.15) is 52.9 Å². The number of hydrogen-bond donors (Lipinski definition) is 1. The van der Waals surface area contributed by atoms with Crippen molar-refractivity contribution in [1.29, 1.82) is 0 Å². The Kier molecular flexibility index (Phi) is 7.17. The molecule has 1 N–H and O–H groups in total. The average Bonchev–Trinajstić information content (AvgIpc) is 2.02. The fourth-order valence-electron chi connectivity index (χ4n) is 1.40. The van der Waals surface area contributed by atoms with E-state index in [0.717, 1.165) is 19.3 Å². The van der Waals surface area contributed by atoms with Crippen molar-refractivity contribution in [2.24, 2.45) is 5.92 Å². The van der Waals surface area contributed by atoms with Gasteiger partial charge in [0.05, 0.1) is 0 Å². The van der Waals surface area contributed by atoms with Gasteiger partial charge in [0.25, 0.3) is 0 Å². The average molecular weight is 198 g/mol. The van der Waals surface area contributed by atoms with Crippen molar-refractivity contribution in [3.63, 3.8) is 0 Å². The number of carboxylic acid groups (broad SMARTS) is 1. The van der Waals surface area contributed by atoms with E-state index in [0.29, 0.717) is 12.3 Å². The van der Waals surface area contributed by atoms with Gasteiger partial charge in [0.15, 0.2) is 0 Å². The zero-order chi connectivity index (χ0) is 11.0. The monoisotopic (exact) mass is 198 g/mol. The zero-order valence-electron chi connectivity index (χ0n) is 9.55. The number of hydrogen-bond acceptors (Lipinski definition) is 1. The number of carbonyl (C=O) groups is 1. The highest BCUT2D eigenvalue weighted by Crippen LogP contribution is 2.14. The Hall–Kier alpha value is -0.790. The van der Waals surface area contributed by atoms with Crippen LogP contribution in [0.15, 0.2) is 11.6 Å². The maximum Gasteiger partial charge on any atom is 0.303 e. The highest BCUT2D eigenvalue weighted by atomic mass is 16.4. The number of rotatable bonds is 7. The van der Waals surface area contributed by atoms with Crippen LogP contribution in [0.2, 0.25) is 0 Å². The summed E-state index contributed by atoms with van der Waals surface area (Å²) in [7, 11) is 0. The van der Waals surface area contributed by atoms with Crippen molar-refractivity contribution in [3.8, 4) is 0 Å². The van der Waals surface area contributed by atoms with E-state index in [4.69, 9.17) is 5.11 Å².